The Labute approximate surface area is 133 Å². The van der Waals surface area contributed by atoms with Crippen molar-refractivity contribution in [1.29, 1.82) is 0 Å². The molecule has 0 aliphatic carbocycles. The molecule has 1 aromatic heterocycles. The van der Waals surface area contributed by atoms with Gasteiger partial charge in [-0.05, 0) is 43.2 Å². The van der Waals surface area contributed by atoms with Gasteiger partial charge in [0.1, 0.15) is 4.90 Å². The summed E-state index contributed by atoms with van der Waals surface area (Å²) in [5.74, 6) is 0. The first kappa shape index (κ1) is 18.6. The highest BCUT2D eigenvalue weighted by Crippen LogP contribution is 2.28. The number of sulfonamides is 1. The number of thiophene rings is 1. The van der Waals surface area contributed by atoms with Crippen molar-refractivity contribution < 1.29 is 8.42 Å². The molecule has 21 heavy (non-hydrogen) atoms. The minimum absolute atomic E-state index is 0.113. The maximum atomic E-state index is 12.7. The van der Waals surface area contributed by atoms with Crippen LogP contribution in [0.2, 0.25) is 0 Å². The van der Waals surface area contributed by atoms with Gasteiger partial charge in [0.15, 0.2) is 0 Å². The van der Waals surface area contributed by atoms with Crippen LogP contribution in [0.25, 0.3) is 0 Å². The van der Waals surface area contributed by atoms with Crippen molar-refractivity contribution in [2.24, 2.45) is 5.41 Å². The van der Waals surface area contributed by atoms with Gasteiger partial charge in [0.25, 0.3) is 0 Å². The van der Waals surface area contributed by atoms with Crippen molar-refractivity contribution >= 4 is 21.4 Å². The molecule has 0 spiro atoms. The predicted octanol–water partition coefficient (Wildman–Crippen LogP) is 3.27. The minimum Gasteiger partial charge on any atom is -0.312 e. The van der Waals surface area contributed by atoms with Crippen LogP contribution in [0.5, 0.6) is 0 Å². The summed E-state index contributed by atoms with van der Waals surface area (Å²) in [6.07, 6.45) is 1.03. The molecule has 0 bridgehead atoms. The molecular weight excluding hydrogens is 304 g/mol. The smallest absolute Gasteiger partial charge is 0.242 e. The number of hydrogen-bond acceptors (Lipinski definition) is 4. The van der Waals surface area contributed by atoms with Crippen LogP contribution in [0.15, 0.2) is 10.3 Å². The van der Waals surface area contributed by atoms with Crippen molar-refractivity contribution in [2.45, 2.75) is 65.4 Å². The highest BCUT2D eigenvalue weighted by molar-refractivity contribution is 7.89. The molecule has 0 amide bonds. The summed E-state index contributed by atoms with van der Waals surface area (Å²) in [4.78, 5) is 1.33. The van der Waals surface area contributed by atoms with Gasteiger partial charge in [-0.1, -0.05) is 27.7 Å². The highest BCUT2D eigenvalue weighted by atomic mass is 32.2. The van der Waals surface area contributed by atoms with Crippen molar-refractivity contribution in [3.8, 4) is 0 Å². The van der Waals surface area contributed by atoms with Gasteiger partial charge in [0.2, 0.25) is 10.0 Å². The van der Waals surface area contributed by atoms with Crippen molar-refractivity contribution in [3.63, 3.8) is 0 Å². The molecule has 6 heteroatoms. The summed E-state index contributed by atoms with van der Waals surface area (Å²) in [6, 6.07) is -0.127. The molecule has 0 radical (unpaired) electrons. The fourth-order valence-electron chi connectivity index (χ4n) is 1.82. The molecule has 1 unspecified atom stereocenters. The Kier molecular flexibility index (Phi) is 6.40. The van der Waals surface area contributed by atoms with Crippen LogP contribution in [-0.4, -0.2) is 21.0 Å². The molecule has 0 saturated heterocycles. The first-order valence-corrected chi connectivity index (χ1v) is 9.76. The number of hydrogen-bond donors (Lipinski definition) is 2. The molecule has 1 rings (SSSR count). The molecule has 0 aliphatic rings. The molecular formula is C15H28N2O2S2. The van der Waals surface area contributed by atoms with Crippen LogP contribution in [0.3, 0.4) is 0 Å². The monoisotopic (exact) mass is 332 g/mol. The molecule has 0 aromatic carbocycles. The summed E-state index contributed by atoms with van der Waals surface area (Å²) in [5.41, 5.74) is 0.708. The fraction of sp³-hybridized carbons (Fsp3) is 0.733. The molecule has 122 valence electrons. The van der Waals surface area contributed by atoms with Crippen LogP contribution < -0.4 is 10.0 Å². The Morgan fingerprint density at radius 2 is 1.95 bits per heavy atom. The average Bonchev–Trinajstić information content (AvgIpc) is 2.70. The standard InChI is InChI=1S/C15H28N2O2S2/c1-7-8-16-9-13-14(11(2)10-20-13)21(18,19)17-12(3)15(4,5)6/h10,12,16-17H,7-9H2,1-6H3. The molecule has 0 aliphatic heterocycles. The third-order valence-corrected chi connectivity index (χ3v) is 6.60. The summed E-state index contributed by atoms with van der Waals surface area (Å²) < 4.78 is 28.2. The topological polar surface area (TPSA) is 58.2 Å². The van der Waals surface area contributed by atoms with Crippen LogP contribution in [0.1, 0.15) is 51.5 Å². The maximum absolute atomic E-state index is 12.7. The molecule has 1 atom stereocenters. The highest BCUT2D eigenvalue weighted by Gasteiger charge is 2.29. The molecule has 0 fully saturated rings. The van der Waals surface area contributed by atoms with E-state index < -0.39 is 10.0 Å². The molecule has 1 aromatic rings. The zero-order valence-corrected chi connectivity index (χ0v) is 15.5. The zero-order valence-electron chi connectivity index (χ0n) is 13.9. The number of aryl methyl sites for hydroxylation is 1. The molecule has 0 saturated carbocycles. The Balaban J connectivity index is 3.00. The second-order valence-corrected chi connectivity index (χ2v) is 9.17. The van der Waals surface area contributed by atoms with E-state index in [0.717, 1.165) is 23.4 Å². The van der Waals surface area contributed by atoms with E-state index in [2.05, 4.69) is 17.0 Å². The van der Waals surface area contributed by atoms with Crippen LogP contribution in [0, 0.1) is 12.3 Å². The summed E-state index contributed by atoms with van der Waals surface area (Å²) in [6.45, 7) is 13.5. The van der Waals surface area contributed by atoms with E-state index in [1.807, 2.05) is 40.0 Å². The lowest BCUT2D eigenvalue weighted by atomic mass is 9.89. The van der Waals surface area contributed by atoms with Crippen LogP contribution in [0.4, 0.5) is 0 Å². The summed E-state index contributed by atoms with van der Waals surface area (Å²) >= 11 is 1.51. The van der Waals surface area contributed by atoms with E-state index in [9.17, 15) is 8.42 Å². The third-order valence-electron chi connectivity index (χ3n) is 3.60. The van der Waals surface area contributed by atoms with Crippen LogP contribution in [-0.2, 0) is 16.6 Å². The van der Waals surface area contributed by atoms with Gasteiger partial charge in [-0.3, -0.25) is 0 Å². The van der Waals surface area contributed by atoms with E-state index in [-0.39, 0.29) is 11.5 Å². The minimum atomic E-state index is -3.48. The Morgan fingerprint density at radius 1 is 1.33 bits per heavy atom. The Morgan fingerprint density at radius 3 is 2.48 bits per heavy atom. The first-order valence-electron chi connectivity index (χ1n) is 7.39. The maximum Gasteiger partial charge on any atom is 0.242 e. The van der Waals surface area contributed by atoms with E-state index >= 15 is 0 Å². The largest absolute Gasteiger partial charge is 0.312 e. The number of rotatable bonds is 7. The van der Waals surface area contributed by atoms with Crippen molar-refractivity contribution in [3.05, 3.63) is 15.8 Å². The fourth-order valence-corrected chi connectivity index (χ4v) is 5.05. The lowest BCUT2D eigenvalue weighted by Gasteiger charge is -2.28. The Hall–Kier alpha value is -0.430. The van der Waals surface area contributed by atoms with E-state index in [1.54, 1.807) is 0 Å². The van der Waals surface area contributed by atoms with Gasteiger partial charge in [0.05, 0.1) is 0 Å². The van der Waals surface area contributed by atoms with E-state index in [1.165, 1.54) is 11.3 Å². The third kappa shape index (κ3) is 5.06. The molecule has 4 nitrogen and oxygen atoms in total. The van der Waals surface area contributed by atoms with E-state index in [4.69, 9.17) is 0 Å². The van der Waals surface area contributed by atoms with Crippen molar-refractivity contribution in [2.75, 3.05) is 6.54 Å². The van der Waals surface area contributed by atoms with Gasteiger partial charge in [0, 0.05) is 17.5 Å². The lowest BCUT2D eigenvalue weighted by Crippen LogP contribution is -2.41. The van der Waals surface area contributed by atoms with Crippen molar-refractivity contribution in [1.82, 2.24) is 10.0 Å². The predicted molar refractivity (Wildman–Crippen MR) is 90.3 cm³/mol. The second-order valence-electron chi connectivity index (χ2n) is 6.56. The van der Waals surface area contributed by atoms with Gasteiger partial charge in [-0.25, -0.2) is 13.1 Å². The van der Waals surface area contributed by atoms with Gasteiger partial charge >= 0.3 is 0 Å². The molecule has 1 heterocycles. The van der Waals surface area contributed by atoms with Gasteiger partial charge < -0.3 is 5.32 Å². The quantitative estimate of drug-likeness (QED) is 0.754. The summed E-state index contributed by atoms with van der Waals surface area (Å²) in [5, 5.41) is 5.19. The van der Waals surface area contributed by atoms with Gasteiger partial charge in [-0.2, -0.15) is 0 Å². The van der Waals surface area contributed by atoms with Gasteiger partial charge in [-0.15, -0.1) is 11.3 Å². The normalized spacial score (nSPS) is 14.4. The second kappa shape index (κ2) is 7.22. The zero-order chi connectivity index (χ0) is 16.3. The number of nitrogens with one attached hydrogen (secondary N) is 2. The summed E-state index contributed by atoms with van der Waals surface area (Å²) in [7, 11) is -3.48. The average molecular weight is 333 g/mol. The van der Waals surface area contributed by atoms with E-state index in [0.29, 0.717) is 11.4 Å². The SMILES string of the molecule is CCCNCc1scc(C)c1S(=O)(=O)NC(C)C(C)(C)C. The van der Waals surface area contributed by atoms with Crippen LogP contribution >= 0.6 is 11.3 Å². The first-order chi connectivity index (χ1) is 9.59. The lowest BCUT2D eigenvalue weighted by molar-refractivity contribution is 0.317. The molecule has 2 N–H and O–H groups in total. The Bertz CT molecular complexity index is 557.